The van der Waals surface area contributed by atoms with Crippen LogP contribution in [0.1, 0.15) is 32.1 Å². The third kappa shape index (κ3) is 4.19. The van der Waals surface area contributed by atoms with Crippen molar-refractivity contribution in [2.24, 2.45) is 16.1 Å². The average Bonchev–Trinajstić information content (AvgIpc) is 3.31. The topological polar surface area (TPSA) is 67.0 Å². The predicted molar refractivity (Wildman–Crippen MR) is 99.8 cm³/mol. The molecule has 0 bridgehead atoms. The number of methoxy groups -OCH3 is 1. The first kappa shape index (κ1) is 17.5. The molecule has 0 spiro atoms. The lowest BCUT2D eigenvalue weighted by Gasteiger charge is -2.35. The molecule has 0 atom stereocenters. The number of nitrogens with zero attached hydrogens (tertiary/aromatic N) is 4. The summed E-state index contributed by atoms with van der Waals surface area (Å²) in [7, 11) is 1.78. The van der Waals surface area contributed by atoms with E-state index in [4.69, 9.17) is 15.5 Å². The number of anilines is 1. The second kappa shape index (κ2) is 8.16. The number of aliphatic imine (C=N–C) groups is 1. The number of hydrogen-bond acceptors (Lipinski definition) is 5. The van der Waals surface area contributed by atoms with Crippen molar-refractivity contribution in [3.63, 3.8) is 0 Å². The van der Waals surface area contributed by atoms with Crippen molar-refractivity contribution in [3.05, 3.63) is 11.6 Å². The van der Waals surface area contributed by atoms with Crippen molar-refractivity contribution >= 4 is 22.4 Å². The molecule has 0 amide bonds. The number of ether oxygens (including phenoxy) is 1. The zero-order valence-corrected chi connectivity index (χ0v) is 15.4. The number of aromatic nitrogens is 1. The number of guanidine groups is 1. The lowest BCUT2D eigenvalue weighted by atomic mass is 9.83. The molecule has 0 radical (unpaired) electrons. The van der Waals surface area contributed by atoms with Gasteiger partial charge in [-0.2, -0.15) is 0 Å². The Morgan fingerprint density at radius 2 is 2.08 bits per heavy atom. The number of thiazole rings is 1. The van der Waals surface area contributed by atoms with Crippen molar-refractivity contribution in [2.45, 2.75) is 32.1 Å². The summed E-state index contributed by atoms with van der Waals surface area (Å²) in [6, 6.07) is 0. The van der Waals surface area contributed by atoms with Crippen LogP contribution in [0.3, 0.4) is 0 Å². The minimum absolute atomic E-state index is 0.309. The quantitative estimate of drug-likeness (QED) is 0.628. The first-order chi connectivity index (χ1) is 11.7. The Kier molecular flexibility index (Phi) is 5.94. The summed E-state index contributed by atoms with van der Waals surface area (Å²) in [6.45, 7) is 5.41. The van der Waals surface area contributed by atoms with E-state index in [9.17, 15) is 0 Å². The molecule has 3 rings (SSSR count). The number of piperazine rings is 1. The van der Waals surface area contributed by atoms with Gasteiger partial charge in [0.05, 0.1) is 0 Å². The van der Waals surface area contributed by atoms with Gasteiger partial charge in [-0.3, -0.25) is 4.99 Å². The molecule has 0 unspecified atom stereocenters. The van der Waals surface area contributed by atoms with Crippen LogP contribution in [-0.4, -0.2) is 62.3 Å². The van der Waals surface area contributed by atoms with Gasteiger partial charge in [0.1, 0.15) is 0 Å². The summed E-state index contributed by atoms with van der Waals surface area (Å²) >= 11 is 1.70. The van der Waals surface area contributed by atoms with Crippen LogP contribution >= 0.6 is 11.3 Å². The first-order valence-electron chi connectivity index (χ1n) is 8.91. The first-order valence-corrected chi connectivity index (χ1v) is 9.79. The minimum Gasteiger partial charge on any atom is -0.385 e. The fourth-order valence-electron chi connectivity index (χ4n) is 3.78. The van der Waals surface area contributed by atoms with Gasteiger partial charge >= 0.3 is 0 Å². The van der Waals surface area contributed by atoms with Gasteiger partial charge in [-0.15, -0.1) is 11.3 Å². The Labute approximate surface area is 148 Å². The van der Waals surface area contributed by atoms with Crippen LogP contribution in [0.25, 0.3) is 0 Å². The average molecular weight is 352 g/mol. The monoisotopic (exact) mass is 351 g/mol. The smallest absolute Gasteiger partial charge is 0.191 e. The highest BCUT2D eigenvalue weighted by molar-refractivity contribution is 7.13. The SMILES string of the molecule is COCCC1(CN=C(N)N2CCN(c3nccs3)CC2)CCCC1. The van der Waals surface area contributed by atoms with Crippen LogP contribution in [0.5, 0.6) is 0 Å². The third-order valence-electron chi connectivity index (χ3n) is 5.37. The standard InChI is InChI=1S/C17H29N5OS/c1-23-12-6-17(4-2-3-5-17)14-20-15(18)21-8-10-22(11-9-21)16-19-7-13-24-16/h7,13H,2-6,8-12,14H2,1H3,(H2,18,20). The van der Waals surface area contributed by atoms with E-state index < -0.39 is 0 Å². The lowest BCUT2D eigenvalue weighted by Crippen LogP contribution is -2.51. The molecule has 134 valence electrons. The van der Waals surface area contributed by atoms with E-state index in [-0.39, 0.29) is 0 Å². The maximum atomic E-state index is 6.29. The molecule has 6 nitrogen and oxygen atoms in total. The Morgan fingerprint density at radius 1 is 1.33 bits per heavy atom. The highest BCUT2D eigenvalue weighted by atomic mass is 32.1. The molecule has 1 saturated heterocycles. The summed E-state index contributed by atoms with van der Waals surface area (Å²) in [5.41, 5.74) is 6.60. The molecule has 1 aliphatic heterocycles. The van der Waals surface area contributed by atoms with E-state index in [2.05, 4.69) is 14.8 Å². The Hall–Kier alpha value is -1.34. The fourth-order valence-corrected chi connectivity index (χ4v) is 4.48. The molecule has 2 fully saturated rings. The number of rotatable bonds is 6. The van der Waals surface area contributed by atoms with E-state index >= 15 is 0 Å². The van der Waals surface area contributed by atoms with Gasteiger partial charge in [0.15, 0.2) is 11.1 Å². The maximum absolute atomic E-state index is 6.29. The van der Waals surface area contributed by atoms with Gasteiger partial charge in [0.25, 0.3) is 0 Å². The molecule has 2 N–H and O–H groups in total. The van der Waals surface area contributed by atoms with Crippen molar-refractivity contribution in [2.75, 3.05) is 51.3 Å². The van der Waals surface area contributed by atoms with Gasteiger partial charge in [0.2, 0.25) is 0 Å². The molecule has 7 heteroatoms. The van der Waals surface area contributed by atoms with E-state index in [0.717, 1.165) is 50.9 Å². The van der Waals surface area contributed by atoms with Crippen LogP contribution in [0.15, 0.2) is 16.6 Å². The third-order valence-corrected chi connectivity index (χ3v) is 6.20. The number of nitrogens with two attached hydrogens (primary N) is 1. The zero-order chi connectivity index (χ0) is 16.8. The molecule has 1 saturated carbocycles. The molecule has 2 heterocycles. The largest absolute Gasteiger partial charge is 0.385 e. The molecule has 0 aromatic carbocycles. The van der Waals surface area contributed by atoms with E-state index in [1.54, 1.807) is 18.4 Å². The molecule has 1 aromatic rings. The van der Waals surface area contributed by atoms with E-state index in [0.29, 0.717) is 11.4 Å². The van der Waals surface area contributed by atoms with E-state index in [1.807, 2.05) is 11.6 Å². The summed E-state index contributed by atoms with van der Waals surface area (Å²) in [5, 5.41) is 3.13. The van der Waals surface area contributed by atoms with Crippen LogP contribution in [0, 0.1) is 5.41 Å². The summed E-state index contributed by atoms with van der Waals surface area (Å²) in [6.07, 6.45) is 8.09. The Balaban J connectivity index is 1.52. The molecule has 1 aromatic heterocycles. The molecular formula is C17H29N5OS. The van der Waals surface area contributed by atoms with Gasteiger partial charge in [-0.1, -0.05) is 12.8 Å². The Morgan fingerprint density at radius 3 is 2.71 bits per heavy atom. The van der Waals surface area contributed by atoms with Crippen molar-refractivity contribution < 1.29 is 4.74 Å². The van der Waals surface area contributed by atoms with Crippen LogP contribution in [0.2, 0.25) is 0 Å². The van der Waals surface area contributed by atoms with Crippen molar-refractivity contribution in [3.8, 4) is 0 Å². The van der Waals surface area contributed by atoms with Gasteiger partial charge < -0.3 is 20.3 Å². The second-order valence-electron chi connectivity index (χ2n) is 6.91. The summed E-state index contributed by atoms with van der Waals surface area (Å²) in [4.78, 5) is 13.7. The minimum atomic E-state index is 0.309. The molecule has 1 aliphatic carbocycles. The summed E-state index contributed by atoms with van der Waals surface area (Å²) < 4.78 is 5.30. The van der Waals surface area contributed by atoms with E-state index in [1.165, 1.54) is 25.7 Å². The highest BCUT2D eigenvalue weighted by Crippen LogP contribution is 2.41. The second-order valence-corrected chi connectivity index (χ2v) is 7.79. The van der Waals surface area contributed by atoms with Crippen LogP contribution < -0.4 is 10.6 Å². The zero-order valence-electron chi connectivity index (χ0n) is 14.6. The van der Waals surface area contributed by atoms with Crippen LogP contribution in [0.4, 0.5) is 5.13 Å². The fraction of sp³-hybridized carbons (Fsp3) is 0.765. The summed E-state index contributed by atoms with van der Waals surface area (Å²) in [5.74, 6) is 0.706. The maximum Gasteiger partial charge on any atom is 0.191 e. The number of hydrogen-bond donors (Lipinski definition) is 1. The van der Waals surface area contributed by atoms with Crippen LogP contribution in [-0.2, 0) is 4.74 Å². The molecule has 24 heavy (non-hydrogen) atoms. The Bertz CT molecular complexity index is 519. The lowest BCUT2D eigenvalue weighted by molar-refractivity contribution is 0.141. The highest BCUT2D eigenvalue weighted by Gasteiger charge is 2.33. The normalized spacial score (nSPS) is 21.5. The molecular weight excluding hydrogens is 322 g/mol. The predicted octanol–water partition coefficient (Wildman–Crippen LogP) is 2.18. The van der Waals surface area contributed by atoms with Gasteiger partial charge in [0, 0.05) is 58.0 Å². The van der Waals surface area contributed by atoms with Crippen molar-refractivity contribution in [1.29, 1.82) is 0 Å². The van der Waals surface area contributed by atoms with Gasteiger partial charge in [-0.05, 0) is 24.7 Å². The molecule has 2 aliphatic rings. The van der Waals surface area contributed by atoms with Crippen molar-refractivity contribution in [1.82, 2.24) is 9.88 Å². The van der Waals surface area contributed by atoms with Gasteiger partial charge in [-0.25, -0.2) is 4.98 Å².